The zero-order valence-electron chi connectivity index (χ0n) is 17.8. The van der Waals surface area contributed by atoms with Crippen molar-refractivity contribution in [3.8, 4) is 0 Å². The number of furan rings is 1. The molecule has 1 aliphatic heterocycles. The van der Waals surface area contributed by atoms with Gasteiger partial charge in [0.15, 0.2) is 0 Å². The second-order valence-corrected chi connectivity index (χ2v) is 8.74. The van der Waals surface area contributed by atoms with E-state index < -0.39 is 17.7 Å². The Morgan fingerprint density at radius 2 is 1.65 bits per heavy atom. The van der Waals surface area contributed by atoms with Crippen molar-refractivity contribution in [2.75, 3.05) is 0 Å². The predicted octanol–water partition coefficient (Wildman–Crippen LogP) is 5.20. The maximum absolute atomic E-state index is 13.0. The molecule has 0 aliphatic carbocycles. The summed E-state index contributed by atoms with van der Waals surface area (Å²) in [5.74, 6) is -0.958. The number of nitrogens with zero attached hydrogens (tertiary/aromatic N) is 1. The number of benzene rings is 2. The van der Waals surface area contributed by atoms with Crippen LogP contribution in [-0.2, 0) is 21.5 Å². The molecule has 1 fully saturated rings. The number of rotatable bonds is 4. The van der Waals surface area contributed by atoms with Gasteiger partial charge in [-0.15, -0.1) is 0 Å². The van der Waals surface area contributed by atoms with Crippen LogP contribution in [0.4, 0.5) is 0 Å². The third-order valence-corrected chi connectivity index (χ3v) is 5.59. The molecule has 0 spiro atoms. The van der Waals surface area contributed by atoms with Crippen LogP contribution in [-0.4, -0.2) is 21.7 Å². The van der Waals surface area contributed by atoms with E-state index in [-0.39, 0.29) is 23.3 Å². The van der Waals surface area contributed by atoms with Crippen LogP contribution in [0.15, 0.2) is 83.0 Å². The summed E-state index contributed by atoms with van der Waals surface area (Å²) in [7, 11) is 0. The summed E-state index contributed by atoms with van der Waals surface area (Å²) < 4.78 is 5.42. The number of likely N-dealkylation sites (tertiary alicyclic amines) is 1. The minimum atomic E-state index is -0.709. The molecule has 0 saturated carbocycles. The van der Waals surface area contributed by atoms with Gasteiger partial charge in [0.25, 0.3) is 11.7 Å². The molecule has 1 amide bonds. The van der Waals surface area contributed by atoms with Gasteiger partial charge in [0, 0.05) is 5.56 Å². The fourth-order valence-corrected chi connectivity index (χ4v) is 3.88. The first kappa shape index (κ1) is 20.7. The van der Waals surface area contributed by atoms with Crippen molar-refractivity contribution in [2.45, 2.75) is 38.8 Å². The number of amides is 1. The second kappa shape index (κ2) is 7.91. The number of ketones is 1. The van der Waals surface area contributed by atoms with Crippen LogP contribution in [0.1, 0.15) is 49.3 Å². The molecule has 1 N–H and O–H groups in total. The predicted molar refractivity (Wildman–Crippen MR) is 118 cm³/mol. The SMILES string of the molecule is CC(C)(C)c1ccc(C2/C(=C(\O)c3ccccc3)C(=O)C(=O)N2Cc2ccco2)cc1. The molecule has 1 atom stereocenters. The highest BCUT2D eigenvalue weighted by Crippen LogP contribution is 2.40. The van der Waals surface area contributed by atoms with Gasteiger partial charge in [-0.2, -0.15) is 0 Å². The molecule has 0 radical (unpaired) electrons. The first-order valence-electron chi connectivity index (χ1n) is 10.2. The second-order valence-electron chi connectivity index (χ2n) is 8.74. The maximum atomic E-state index is 13.0. The van der Waals surface area contributed by atoms with Crippen molar-refractivity contribution in [2.24, 2.45) is 0 Å². The molecular weight excluding hydrogens is 390 g/mol. The van der Waals surface area contributed by atoms with E-state index in [0.717, 1.165) is 11.1 Å². The maximum Gasteiger partial charge on any atom is 0.296 e. The van der Waals surface area contributed by atoms with Crippen molar-refractivity contribution in [3.05, 3.63) is 101 Å². The van der Waals surface area contributed by atoms with Crippen LogP contribution in [0.25, 0.3) is 5.76 Å². The van der Waals surface area contributed by atoms with Crippen molar-refractivity contribution in [3.63, 3.8) is 0 Å². The van der Waals surface area contributed by atoms with E-state index in [2.05, 4.69) is 20.8 Å². The third-order valence-electron chi connectivity index (χ3n) is 5.59. The molecule has 1 saturated heterocycles. The fraction of sp³-hybridized carbons (Fsp3) is 0.231. The number of aliphatic hydroxyl groups is 1. The van der Waals surface area contributed by atoms with E-state index >= 15 is 0 Å². The highest BCUT2D eigenvalue weighted by molar-refractivity contribution is 6.46. The first-order valence-corrected chi connectivity index (χ1v) is 10.2. The fourth-order valence-electron chi connectivity index (χ4n) is 3.88. The Kier molecular flexibility index (Phi) is 5.27. The van der Waals surface area contributed by atoms with E-state index in [4.69, 9.17) is 4.42 Å². The summed E-state index contributed by atoms with van der Waals surface area (Å²) in [6.07, 6.45) is 1.53. The van der Waals surface area contributed by atoms with Crippen LogP contribution >= 0.6 is 0 Å². The molecule has 1 unspecified atom stereocenters. The average Bonchev–Trinajstić information content (AvgIpc) is 3.36. The molecule has 2 aromatic carbocycles. The minimum absolute atomic E-state index is 0.0292. The van der Waals surface area contributed by atoms with Crippen LogP contribution in [0.5, 0.6) is 0 Å². The number of Topliss-reactive ketones (excluding diaryl/α,β-unsaturated/α-hetero) is 1. The lowest BCUT2D eigenvalue weighted by Crippen LogP contribution is -2.29. The van der Waals surface area contributed by atoms with E-state index in [9.17, 15) is 14.7 Å². The van der Waals surface area contributed by atoms with Gasteiger partial charge in [0.05, 0.1) is 24.4 Å². The van der Waals surface area contributed by atoms with Gasteiger partial charge >= 0.3 is 0 Å². The Balaban J connectivity index is 1.85. The third kappa shape index (κ3) is 3.91. The van der Waals surface area contributed by atoms with E-state index in [1.807, 2.05) is 30.3 Å². The molecule has 0 bridgehead atoms. The van der Waals surface area contributed by atoms with Gasteiger partial charge in [-0.3, -0.25) is 9.59 Å². The van der Waals surface area contributed by atoms with Gasteiger partial charge < -0.3 is 14.4 Å². The van der Waals surface area contributed by atoms with Gasteiger partial charge in [-0.05, 0) is 28.7 Å². The summed E-state index contributed by atoms with van der Waals surface area (Å²) in [6.45, 7) is 6.51. The van der Waals surface area contributed by atoms with E-state index in [1.165, 1.54) is 11.2 Å². The van der Waals surface area contributed by atoms with E-state index in [0.29, 0.717) is 11.3 Å². The van der Waals surface area contributed by atoms with E-state index in [1.54, 1.807) is 36.4 Å². The van der Waals surface area contributed by atoms with Gasteiger partial charge in [0.2, 0.25) is 0 Å². The normalized spacial score (nSPS) is 18.5. The molecular formula is C26H25NO4. The Bertz CT molecular complexity index is 1120. The zero-order valence-corrected chi connectivity index (χ0v) is 17.8. The number of hydrogen-bond acceptors (Lipinski definition) is 4. The Hall–Kier alpha value is -3.60. The van der Waals surface area contributed by atoms with Gasteiger partial charge in [-0.1, -0.05) is 75.4 Å². The van der Waals surface area contributed by atoms with Gasteiger partial charge in [-0.25, -0.2) is 0 Å². The van der Waals surface area contributed by atoms with Crippen LogP contribution in [0, 0.1) is 0 Å². The highest BCUT2D eigenvalue weighted by Gasteiger charge is 2.46. The molecule has 3 aromatic rings. The summed E-state index contributed by atoms with van der Waals surface area (Å²) >= 11 is 0. The molecule has 1 aliphatic rings. The smallest absolute Gasteiger partial charge is 0.296 e. The summed E-state index contributed by atoms with van der Waals surface area (Å²) in [5.41, 5.74) is 2.46. The number of carbonyl (C=O) groups excluding carboxylic acids is 2. The lowest BCUT2D eigenvalue weighted by atomic mass is 9.85. The molecule has 2 heterocycles. The Morgan fingerprint density at radius 3 is 2.23 bits per heavy atom. The Labute approximate surface area is 181 Å². The topological polar surface area (TPSA) is 70.8 Å². The quantitative estimate of drug-likeness (QED) is 0.361. The summed E-state index contributed by atoms with van der Waals surface area (Å²) in [5, 5.41) is 11.0. The summed E-state index contributed by atoms with van der Waals surface area (Å²) in [4.78, 5) is 27.5. The Morgan fingerprint density at radius 1 is 0.968 bits per heavy atom. The molecule has 5 nitrogen and oxygen atoms in total. The van der Waals surface area contributed by atoms with Crippen molar-refractivity contribution in [1.82, 2.24) is 4.90 Å². The number of hydrogen-bond donors (Lipinski definition) is 1. The van der Waals surface area contributed by atoms with Gasteiger partial charge in [0.1, 0.15) is 11.5 Å². The highest BCUT2D eigenvalue weighted by atomic mass is 16.3. The minimum Gasteiger partial charge on any atom is -0.507 e. The molecule has 31 heavy (non-hydrogen) atoms. The monoisotopic (exact) mass is 415 g/mol. The average molecular weight is 415 g/mol. The standard InChI is InChI=1S/C26H25NO4/c1-26(2,3)19-13-11-17(12-14-19)22-21(23(28)18-8-5-4-6-9-18)24(29)25(30)27(22)16-20-10-7-15-31-20/h4-15,22,28H,16H2,1-3H3/b23-21+. The van der Waals surface area contributed by atoms with Crippen LogP contribution < -0.4 is 0 Å². The lowest BCUT2D eigenvalue weighted by Gasteiger charge is -2.26. The molecule has 4 rings (SSSR count). The molecule has 158 valence electrons. The van der Waals surface area contributed by atoms with Crippen molar-refractivity contribution in [1.29, 1.82) is 0 Å². The molecule has 5 heteroatoms. The summed E-state index contributed by atoms with van der Waals surface area (Å²) in [6, 6.07) is 19.5. The number of carbonyl (C=O) groups is 2. The first-order chi connectivity index (χ1) is 14.8. The van der Waals surface area contributed by atoms with Crippen LogP contribution in [0.3, 0.4) is 0 Å². The lowest BCUT2D eigenvalue weighted by molar-refractivity contribution is -0.140. The zero-order chi connectivity index (χ0) is 22.2. The van der Waals surface area contributed by atoms with Crippen LogP contribution in [0.2, 0.25) is 0 Å². The largest absolute Gasteiger partial charge is 0.507 e. The molecule has 1 aromatic heterocycles. The van der Waals surface area contributed by atoms with Crippen molar-refractivity contribution >= 4 is 17.4 Å². The number of aliphatic hydroxyl groups excluding tert-OH is 1. The van der Waals surface area contributed by atoms with Crippen molar-refractivity contribution < 1.29 is 19.1 Å².